The lowest BCUT2D eigenvalue weighted by Crippen LogP contribution is -2.47. The van der Waals surface area contributed by atoms with Crippen molar-refractivity contribution in [2.24, 2.45) is 0 Å². The maximum Gasteiger partial charge on any atom is 0.240 e. The van der Waals surface area contributed by atoms with Gasteiger partial charge in [-0.1, -0.05) is 11.6 Å². The molecule has 21 heavy (non-hydrogen) atoms. The number of rotatable bonds is 3. The van der Waals surface area contributed by atoms with Crippen LogP contribution in [0.3, 0.4) is 0 Å². The third-order valence-electron chi connectivity index (χ3n) is 4.42. The Morgan fingerprint density at radius 1 is 1.29 bits per heavy atom. The standard InChI is InChI=1S/C14H20ClN3O2S/c15-13-4-3-12(9-14(13)16)21(19,20)17-10-5-7-18-6-1-2-11(18)8-10/h3-4,9-11,17H,1-2,5-8,16H2. The fourth-order valence-electron chi connectivity index (χ4n) is 3.31. The van der Waals surface area contributed by atoms with E-state index in [-0.39, 0.29) is 16.6 Å². The van der Waals surface area contributed by atoms with E-state index in [0.29, 0.717) is 11.1 Å². The lowest BCUT2D eigenvalue weighted by atomic mass is 9.99. The highest BCUT2D eigenvalue weighted by molar-refractivity contribution is 7.89. The van der Waals surface area contributed by atoms with Crippen molar-refractivity contribution in [1.29, 1.82) is 0 Å². The summed E-state index contributed by atoms with van der Waals surface area (Å²) in [5, 5.41) is 0.369. The first-order chi connectivity index (χ1) is 9.95. The highest BCUT2D eigenvalue weighted by Crippen LogP contribution is 2.28. The fraction of sp³-hybridized carbons (Fsp3) is 0.571. The zero-order valence-corrected chi connectivity index (χ0v) is 13.3. The Kier molecular flexibility index (Phi) is 4.14. The summed E-state index contributed by atoms with van der Waals surface area (Å²) >= 11 is 5.84. The van der Waals surface area contributed by atoms with Gasteiger partial charge in [-0.3, -0.25) is 0 Å². The number of hydrogen-bond acceptors (Lipinski definition) is 4. The number of nitrogens with one attached hydrogen (secondary N) is 1. The van der Waals surface area contributed by atoms with Gasteiger partial charge in [-0.05, 0) is 57.0 Å². The maximum absolute atomic E-state index is 12.4. The fourth-order valence-corrected chi connectivity index (χ4v) is 4.74. The van der Waals surface area contributed by atoms with E-state index in [1.165, 1.54) is 31.0 Å². The lowest BCUT2D eigenvalue weighted by molar-refractivity contribution is 0.176. The van der Waals surface area contributed by atoms with Crippen LogP contribution in [0.2, 0.25) is 5.02 Å². The molecule has 3 rings (SSSR count). The topological polar surface area (TPSA) is 75.4 Å². The molecule has 0 aliphatic carbocycles. The third-order valence-corrected chi connectivity index (χ3v) is 6.28. The molecule has 2 fully saturated rings. The van der Waals surface area contributed by atoms with Crippen molar-refractivity contribution in [3.05, 3.63) is 23.2 Å². The first kappa shape index (κ1) is 15.1. The van der Waals surface area contributed by atoms with Gasteiger partial charge in [-0.15, -0.1) is 0 Å². The highest BCUT2D eigenvalue weighted by atomic mass is 35.5. The summed E-state index contributed by atoms with van der Waals surface area (Å²) in [7, 11) is -3.54. The van der Waals surface area contributed by atoms with Crippen molar-refractivity contribution in [1.82, 2.24) is 9.62 Å². The molecule has 2 aliphatic heterocycles. The number of nitrogens with zero attached hydrogens (tertiary/aromatic N) is 1. The van der Waals surface area contributed by atoms with Gasteiger partial charge < -0.3 is 10.6 Å². The van der Waals surface area contributed by atoms with Crippen LogP contribution in [0.4, 0.5) is 5.69 Å². The van der Waals surface area contributed by atoms with Crippen molar-refractivity contribution >= 4 is 27.3 Å². The van der Waals surface area contributed by atoms with E-state index in [9.17, 15) is 8.42 Å². The van der Waals surface area contributed by atoms with Gasteiger partial charge in [0.15, 0.2) is 0 Å². The van der Waals surface area contributed by atoms with Crippen LogP contribution in [0.25, 0.3) is 0 Å². The Bertz CT molecular complexity index is 635. The molecule has 1 aromatic rings. The normalized spacial score (nSPS) is 26.7. The van der Waals surface area contributed by atoms with Crippen LogP contribution in [0.1, 0.15) is 25.7 Å². The molecule has 2 unspecified atom stereocenters. The summed E-state index contributed by atoms with van der Waals surface area (Å²) in [6, 6.07) is 4.96. The number of halogens is 1. The molecule has 2 aliphatic rings. The van der Waals surface area contributed by atoms with Gasteiger partial charge in [0.2, 0.25) is 10.0 Å². The van der Waals surface area contributed by atoms with Crippen LogP contribution in [-0.2, 0) is 10.0 Å². The number of nitrogen functional groups attached to an aromatic ring is 1. The molecular formula is C14H20ClN3O2S. The molecule has 0 spiro atoms. The van der Waals surface area contributed by atoms with Gasteiger partial charge in [-0.25, -0.2) is 13.1 Å². The average Bonchev–Trinajstić information content (AvgIpc) is 2.88. The van der Waals surface area contributed by atoms with Gasteiger partial charge in [-0.2, -0.15) is 0 Å². The zero-order valence-electron chi connectivity index (χ0n) is 11.8. The number of anilines is 1. The molecule has 0 bridgehead atoms. The van der Waals surface area contributed by atoms with Crippen LogP contribution in [0, 0.1) is 0 Å². The Hall–Kier alpha value is -0.820. The minimum Gasteiger partial charge on any atom is -0.397 e. The van der Waals surface area contributed by atoms with Gasteiger partial charge in [0, 0.05) is 12.1 Å². The van der Waals surface area contributed by atoms with E-state index in [1.807, 2.05) is 0 Å². The van der Waals surface area contributed by atoms with E-state index in [4.69, 9.17) is 17.3 Å². The Labute approximate surface area is 130 Å². The lowest BCUT2D eigenvalue weighted by Gasteiger charge is -2.34. The minimum atomic E-state index is -3.54. The largest absolute Gasteiger partial charge is 0.397 e. The van der Waals surface area contributed by atoms with Gasteiger partial charge in [0.05, 0.1) is 15.6 Å². The molecule has 5 nitrogen and oxygen atoms in total. The highest BCUT2D eigenvalue weighted by Gasteiger charge is 2.33. The zero-order chi connectivity index (χ0) is 15.0. The quantitative estimate of drug-likeness (QED) is 0.830. The predicted octanol–water partition coefficient (Wildman–Crippen LogP) is 1.83. The number of hydrogen-bond donors (Lipinski definition) is 2. The molecule has 0 amide bonds. The van der Waals surface area contributed by atoms with E-state index in [0.717, 1.165) is 25.9 Å². The number of benzene rings is 1. The van der Waals surface area contributed by atoms with Crippen molar-refractivity contribution in [2.75, 3.05) is 18.8 Å². The molecule has 2 atom stereocenters. The maximum atomic E-state index is 12.4. The van der Waals surface area contributed by atoms with Crippen LogP contribution < -0.4 is 10.5 Å². The van der Waals surface area contributed by atoms with Gasteiger partial charge in [0.25, 0.3) is 0 Å². The monoisotopic (exact) mass is 329 g/mol. The Morgan fingerprint density at radius 2 is 2.10 bits per heavy atom. The molecule has 0 saturated carbocycles. The van der Waals surface area contributed by atoms with Crippen LogP contribution >= 0.6 is 11.6 Å². The van der Waals surface area contributed by atoms with E-state index in [1.54, 1.807) is 0 Å². The molecule has 2 heterocycles. The molecule has 0 radical (unpaired) electrons. The van der Waals surface area contributed by atoms with Gasteiger partial charge in [0.1, 0.15) is 0 Å². The SMILES string of the molecule is Nc1cc(S(=O)(=O)NC2CCN3CCCC3C2)ccc1Cl. The average molecular weight is 330 g/mol. The van der Waals surface area contributed by atoms with Crippen molar-refractivity contribution in [2.45, 2.75) is 42.7 Å². The molecule has 0 aromatic heterocycles. The first-order valence-electron chi connectivity index (χ1n) is 7.27. The molecule has 116 valence electrons. The summed E-state index contributed by atoms with van der Waals surface area (Å²) in [4.78, 5) is 2.64. The first-order valence-corrected chi connectivity index (χ1v) is 9.13. The third kappa shape index (κ3) is 3.18. The van der Waals surface area contributed by atoms with Crippen LogP contribution in [0.5, 0.6) is 0 Å². The second-order valence-corrected chi connectivity index (χ2v) is 7.98. The second-order valence-electron chi connectivity index (χ2n) is 5.86. The minimum absolute atomic E-state index is 0.00579. The van der Waals surface area contributed by atoms with Crippen molar-refractivity contribution in [3.63, 3.8) is 0 Å². The molecule has 7 heteroatoms. The molecule has 2 saturated heterocycles. The molecule has 1 aromatic carbocycles. The van der Waals surface area contributed by atoms with E-state index in [2.05, 4.69) is 9.62 Å². The van der Waals surface area contributed by atoms with Crippen LogP contribution in [-0.4, -0.2) is 38.5 Å². The van der Waals surface area contributed by atoms with Gasteiger partial charge >= 0.3 is 0 Å². The van der Waals surface area contributed by atoms with Crippen LogP contribution in [0.15, 0.2) is 23.1 Å². The summed E-state index contributed by atoms with van der Waals surface area (Å²) in [6.45, 7) is 2.12. The number of sulfonamides is 1. The second kappa shape index (κ2) is 5.76. The Balaban J connectivity index is 1.72. The number of piperidine rings is 1. The van der Waals surface area contributed by atoms with E-state index >= 15 is 0 Å². The number of nitrogens with two attached hydrogens (primary N) is 1. The summed E-state index contributed by atoms with van der Waals surface area (Å²) in [5.74, 6) is 0. The van der Waals surface area contributed by atoms with Crippen molar-refractivity contribution < 1.29 is 8.42 Å². The van der Waals surface area contributed by atoms with Crippen molar-refractivity contribution in [3.8, 4) is 0 Å². The molecule has 3 N–H and O–H groups in total. The predicted molar refractivity (Wildman–Crippen MR) is 83.8 cm³/mol. The smallest absolute Gasteiger partial charge is 0.240 e. The summed E-state index contributed by atoms with van der Waals surface area (Å²) in [5.41, 5.74) is 5.97. The Morgan fingerprint density at radius 3 is 2.86 bits per heavy atom. The summed E-state index contributed by atoms with van der Waals surface area (Å²) in [6.07, 6.45) is 4.14. The van der Waals surface area contributed by atoms with E-state index < -0.39 is 10.0 Å². The summed E-state index contributed by atoms with van der Waals surface area (Å²) < 4.78 is 27.7. The molecular weight excluding hydrogens is 310 g/mol. The number of fused-ring (bicyclic) bond motifs is 1.